The third-order valence-electron chi connectivity index (χ3n) is 4.09. The van der Waals surface area contributed by atoms with E-state index in [4.69, 9.17) is 0 Å². The average molecular weight is 274 g/mol. The lowest BCUT2D eigenvalue weighted by molar-refractivity contribution is -0.121. The second-order valence-electron chi connectivity index (χ2n) is 5.76. The van der Waals surface area contributed by atoms with E-state index in [1.54, 1.807) is 0 Å². The maximum atomic E-state index is 12.0. The molecule has 2 rings (SSSR count). The van der Waals surface area contributed by atoms with Gasteiger partial charge in [-0.05, 0) is 25.0 Å². The van der Waals surface area contributed by atoms with Gasteiger partial charge in [0.05, 0.1) is 0 Å². The van der Waals surface area contributed by atoms with E-state index in [9.17, 15) is 4.79 Å². The van der Waals surface area contributed by atoms with Crippen LogP contribution in [0.2, 0.25) is 0 Å². The number of anilines is 1. The highest BCUT2D eigenvalue weighted by Gasteiger charge is 2.14. The van der Waals surface area contributed by atoms with Crippen LogP contribution in [0.4, 0.5) is 5.69 Å². The lowest BCUT2D eigenvalue weighted by Crippen LogP contribution is -2.36. The summed E-state index contributed by atoms with van der Waals surface area (Å²) < 4.78 is 0. The van der Waals surface area contributed by atoms with Gasteiger partial charge >= 0.3 is 0 Å². The van der Waals surface area contributed by atoms with E-state index >= 15 is 0 Å². The second-order valence-corrected chi connectivity index (χ2v) is 5.76. The zero-order valence-electron chi connectivity index (χ0n) is 12.5. The Morgan fingerprint density at radius 1 is 1.15 bits per heavy atom. The van der Waals surface area contributed by atoms with Crippen LogP contribution in [0.3, 0.4) is 0 Å². The van der Waals surface area contributed by atoms with Gasteiger partial charge in [-0.25, -0.2) is 0 Å². The molecule has 0 unspecified atom stereocenters. The number of carbonyl (C=O) groups excluding carboxylic acids is 1. The third kappa shape index (κ3) is 4.87. The molecule has 1 N–H and O–H groups in total. The maximum Gasteiger partial charge on any atom is 0.221 e. The Morgan fingerprint density at radius 3 is 2.45 bits per heavy atom. The summed E-state index contributed by atoms with van der Waals surface area (Å²) in [7, 11) is 2.04. The molecule has 1 amide bonds. The minimum absolute atomic E-state index is 0.194. The Labute approximate surface area is 122 Å². The predicted octanol–water partition coefficient (Wildman–Crippen LogP) is 3.35. The molecule has 0 aliphatic heterocycles. The quantitative estimate of drug-likeness (QED) is 0.835. The van der Waals surface area contributed by atoms with Gasteiger partial charge in [0, 0.05) is 31.7 Å². The van der Waals surface area contributed by atoms with Crippen LogP contribution in [0.15, 0.2) is 30.3 Å². The van der Waals surface area contributed by atoms with Crippen LogP contribution in [0, 0.1) is 0 Å². The monoisotopic (exact) mass is 274 g/mol. The van der Waals surface area contributed by atoms with E-state index < -0.39 is 0 Å². The largest absolute Gasteiger partial charge is 0.374 e. The molecule has 0 saturated heterocycles. The van der Waals surface area contributed by atoms with Gasteiger partial charge in [0.25, 0.3) is 0 Å². The number of carbonyl (C=O) groups is 1. The molecule has 1 fully saturated rings. The van der Waals surface area contributed by atoms with E-state index in [0.717, 1.165) is 25.1 Å². The smallest absolute Gasteiger partial charge is 0.221 e. The van der Waals surface area contributed by atoms with E-state index in [1.807, 2.05) is 25.2 Å². The molecule has 0 atom stereocenters. The summed E-state index contributed by atoms with van der Waals surface area (Å²) in [4.78, 5) is 14.2. The first-order valence-corrected chi connectivity index (χ1v) is 7.81. The van der Waals surface area contributed by atoms with E-state index in [2.05, 4.69) is 22.3 Å². The number of hydrogen-bond donors (Lipinski definition) is 1. The van der Waals surface area contributed by atoms with E-state index in [0.29, 0.717) is 12.5 Å². The van der Waals surface area contributed by atoms with Crippen molar-refractivity contribution in [3.05, 3.63) is 30.3 Å². The SMILES string of the molecule is CN(CCC(=O)NC1CCCCCC1)c1ccccc1. The summed E-state index contributed by atoms with van der Waals surface area (Å²) >= 11 is 0. The first-order valence-electron chi connectivity index (χ1n) is 7.81. The van der Waals surface area contributed by atoms with Gasteiger partial charge in [-0.2, -0.15) is 0 Å². The maximum absolute atomic E-state index is 12.0. The predicted molar refractivity (Wildman–Crippen MR) is 84.0 cm³/mol. The molecule has 0 heterocycles. The van der Waals surface area contributed by atoms with Gasteiger partial charge in [0.2, 0.25) is 5.91 Å². The van der Waals surface area contributed by atoms with Gasteiger partial charge < -0.3 is 10.2 Å². The molecule has 1 aromatic rings. The lowest BCUT2D eigenvalue weighted by Gasteiger charge is -2.20. The third-order valence-corrected chi connectivity index (χ3v) is 4.09. The number of nitrogens with one attached hydrogen (secondary N) is 1. The van der Waals surface area contributed by atoms with Crippen LogP contribution in [-0.4, -0.2) is 25.5 Å². The number of nitrogens with zero attached hydrogens (tertiary/aromatic N) is 1. The van der Waals surface area contributed by atoms with Crippen molar-refractivity contribution in [1.29, 1.82) is 0 Å². The zero-order chi connectivity index (χ0) is 14.2. The Hall–Kier alpha value is -1.51. The second kappa shape index (κ2) is 7.93. The highest BCUT2D eigenvalue weighted by molar-refractivity contribution is 5.76. The van der Waals surface area contributed by atoms with Crippen molar-refractivity contribution >= 4 is 11.6 Å². The summed E-state index contributed by atoms with van der Waals surface area (Å²) in [5.41, 5.74) is 1.16. The van der Waals surface area contributed by atoms with Crippen LogP contribution in [0.1, 0.15) is 44.9 Å². The van der Waals surface area contributed by atoms with Crippen molar-refractivity contribution in [3.63, 3.8) is 0 Å². The van der Waals surface area contributed by atoms with Crippen molar-refractivity contribution in [3.8, 4) is 0 Å². The molecule has 1 aliphatic rings. The molecular formula is C17H26N2O. The standard InChI is InChI=1S/C17H26N2O/c1-19(16-11-7-4-8-12-16)14-13-17(20)18-15-9-5-2-3-6-10-15/h4,7-8,11-12,15H,2-3,5-6,9-10,13-14H2,1H3,(H,18,20). The fourth-order valence-corrected chi connectivity index (χ4v) is 2.80. The molecule has 1 aromatic carbocycles. The molecule has 1 aliphatic carbocycles. The number of benzene rings is 1. The number of rotatable bonds is 5. The summed E-state index contributed by atoms with van der Waals surface area (Å²) in [6, 6.07) is 10.6. The summed E-state index contributed by atoms with van der Waals surface area (Å²) in [5.74, 6) is 0.194. The Balaban J connectivity index is 1.71. The summed E-state index contributed by atoms with van der Waals surface area (Å²) in [5, 5.41) is 3.20. The fourth-order valence-electron chi connectivity index (χ4n) is 2.80. The fraction of sp³-hybridized carbons (Fsp3) is 0.588. The summed E-state index contributed by atoms with van der Waals surface area (Å²) in [6.45, 7) is 0.766. The van der Waals surface area contributed by atoms with E-state index in [-0.39, 0.29) is 5.91 Å². The van der Waals surface area contributed by atoms with Gasteiger partial charge in [0.15, 0.2) is 0 Å². The molecule has 0 bridgehead atoms. The van der Waals surface area contributed by atoms with Crippen molar-refractivity contribution in [2.75, 3.05) is 18.5 Å². The molecule has 20 heavy (non-hydrogen) atoms. The summed E-state index contributed by atoms with van der Waals surface area (Å²) in [6.07, 6.45) is 8.04. The molecule has 0 radical (unpaired) electrons. The van der Waals surface area contributed by atoms with Crippen LogP contribution in [-0.2, 0) is 4.79 Å². The van der Waals surface area contributed by atoms with Crippen molar-refractivity contribution < 1.29 is 4.79 Å². The minimum Gasteiger partial charge on any atom is -0.374 e. The molecule has 110 valence electrons. The average Bonchev–Trinajstić information content (AvgIpc) is 2.74. The van der Waals surface area contributed by atoms with Gasteiger partial charge in [0.1, 0.15) is 0 Å². The Bertz CT molecular complexity index is 397. The number of amides is 1. The van der Waals surface area contributed by atoms with Crippen molar-refractivity contribution in [2.45, 2.75) is 51.0 Å². The molecule has 3 nitrogen and oxygen atoms in total. The topological polar surface area (TPSA) is 32.3 Å². The number of para-hydroxylation sites is 1. The molecule has 3 heteroatoms. The van der Waals surface area contributed by atoms with Crippen LogP contribution < -0.4 is 10.2 Å². The van der Waals surface area contributed by atoms with Crippen LogP contribution in [0.25, 0.3) is 0 Å². The highest BCUT2D eigenvalue weighted by Crippen LogP contribution is 2.17. The van der Waals surface area contributed by atoms with Gasteiger partial charge in [-0.1, -0.05) is 43.9 Å². The zero-order valence-corrected chi connectivity index (χ0v) is 12.5. The Morgan fingerprint density at radius 2 is 1.80 bits per heavy atom. The lowest BCUT2D eigenvalue weighted by atomic mass is 10.1. The van der Waals surface area contributed by atoms with Crippen molar-refractivity contribution in [2.24, 2.45) is 0 Å². The Kier molecular flexibility index (Phi) is 5.90. The first-order chi connectivity index (χ1) is 9.75. The van der Waals surface area contributed by atoms with Crippen molar-refractivity contribution in [1.82, 2.24) is 5.32 Å². The highest BCUT2D eigenvalue weighted by atomic mass is 16.1. The normalized spacial score (nSPS) is 16.4. The van der Waals surface area contributed by atoms with Crippen LogP contribution >= 0.6 is 0 Å². The molecule has 0 aromatic heterocycles. The molecular weight excluding hydrogens is 248 g/mol. The van der Waals surface area contributed by atoms with E-state index in [1.165, 1.54) is 25.7 Å². The van der Waals surface area contributed by atoms with Crippen LogP contribution in [0.5, 0.6) is 0 Å². The minimum atomic E-state index is 0.194. The first kappa shape index (κ1) is 14.9. The number of hydrogen-bond acceptors (Lipinski definition) is 2. The van der Waals surface area contributed by atoms with Gasteiger partial charge in [-0.15, -0.1) is 0 Å². The molecule has 1 saturated carbocycles. The molecule has 0 spiro atoms. The van der Waals surface area contributed by atoms with Gasteiger partial charge in [-0.3, -0.25) is 4.79 Å².